The van der Waals surface area contributed by atoms with Gasteiger partial charge in [0.15, 0.2) is 16.5 Å². The molecule has 40 heavy (non-hydrogen) atoms. The van der Waals surface area contributed by atoms with E-state index in [2.05, 4.69) is 25.0 Å². The summed E-state index contributed by atoms with van der Waals surface area (Å²) < 4.78 is 86.5. The van der Waals surface area contributed by atoms with E-state index in [0.717, 1.165) is 12.1 Å². The number of hydrogen-bond donors (Lipinski definition) is 2. The molecule has 0 bridgehead atoms. The number of benzene rings is 2. The molecule has 0 saturated heterocycles. The Morgan fingerprint density at radius 3 is 2.55 bits per heavy atom. The van der Waals surface area contributed by atoms with Crippen molar-refractivity contribution < 1.29 is 30.7 Å². The quantitative estimate of drug-likeness (QED) is 0.182. The van der Waals surface area contributed by atoms with Gasteiger partial charge in [0, 0.05) is 36.4 Å². The number of anilines is 1. The maximum absolute atomic E-state index is 14.0. The highest BCUT2D eigenvalue weighted by Gasteiger charge is 2.30. The minimum Gasteiger partial charge on any atom is -0.494 e. The number of sulfonamides is 1. The highest BCUT2D eigenvalue weighted by atomic mass is 32.2. The van der Waals surface area contributed by atoms with Crippen LogP contribution in [0.3, 0.4) is 0 Å². The van der Waals surface area contributed by atoms with Crippen LogP contribution in [0.2, 0.25) is 0 Å². The molecule has 0 aliphatic heterocycles. The zero-order valence-corrected chi connectivity index (χ0v) is 22.2. The second-order valence-corrected chi connectivity index (χ2v) is 11.0. The van der Waals surface area contributed by atoms with E-state index in [1.54, 1.807) is 18.2 Å². The summed E-state index contributed by atoms with van der Waals surface area (Å²) in [5.41, 5.74) is 1.38. The van der Waals surface area contributed by atoms with Crippen molar-refractivity contribution >= 4 is 32.3 Å². The lowest BCUT2D eigenvalue weighted by atomic mass is 10.1. The lowest BCUT2D eigenvalue weighted by Gasteiger charge is -2.11. The Kier molecular flexibility index (Phi) is 7.44. The van der Waals surface area contributed by atoms with Crippen LogP contribution >= 0.6 is 11.3 Å². The third-order valence-electron chi connectivity index (χ3n) is 5.78. The number of ether oxygens (including phenoxy) is 1. The fourth-order valence-electron chi connectivity index (χ4n) is 3.88. The Hall–Kier alpha value is -4.08. The van der Waals surface area contributed by atoms with Gasteiger partial charge in [0.2, 0.25) is 16.0 Å². The van der Waals surface area contributed by atoms with Crippen molar-refractivity contribution in [3.8, 4) is 28.4 Å². The van der Waals surface area contributed by atoms with Crippen molar-refractivity contribution in [3.63, 3.8) is 0 Å². The van der Waals surface area contributed by atoms with Gasteiger partial charge in [-0.1, -0.05) is 0 Å². The number of nitrogens with zero attached hydrogens (tertiary/aromatic N) is 4. The highest BCUT2D eigenvalue weighted by molar-refractivity contribution is 7.89. The van der Waals surface area contributed by atoms with Gasteiger partial charge in [0.05, 0.1) is 29.0 Å². The van der Waals surface area contributed by atoms with Crippen molar-refractivity contribution in [3.05, 3.63) is 77.7 Å². The zero-order chi connectivity index (χ0) is 28.5. The fraction of sp³-hybridized carbons (Fsp3) is 0.160. The summed E-state index contributed by atoms with van der Waals surface area (Å²) >= 11 is 1.41. The second kappa shape index (κ2) is 10.8. The second-order valence-electron chi connectivity index (χ2n) is 8.33. The Morgan fingerprint density at radius 1 is 1.05 bits per heavy atom. The Labute approximate surface area is 229 Å². The number of aromatic nitrogens is 4. The molecule has 0 spiro atoms. The van der Waals surface area contributed by atoms with Crippen LogP contribution in [0.25, 0.3) is 27.6 Å². The number of fused-ring (bicyclic) bond motifs is 1. The van der Waals surface area contributed by atoms with Gasteiger partial charge >= 0.3 is 6.18 Å². The van der Waals surface area contributed by atoms with Gasteiger partial charge in [0.25, 0.3) is 0 Å². The normalized spacial score (nSPS) is 12.1. The Bertz CT molecular complexity index is 1770. The summed E-state index contributed by atoms with van der Waals surface area (Å²) in [5.74, 6) is -0.223. The first-order chi connectivity index (χ1) is 19.1. The van der Waals surface area contributed by atoms with Crippen LogP contribution in [0.15, 0.2) is 71.2 Å². The minimum atomic E-state index is -4.56. The van der Waals surface area contributed by atoms with Crippen molar-refractivity contribution in [2.75, 3.05) is 25.5 Å². The summed E-state index contributed by atoms with van der Waals surface area (Å²) in [7, 11) is -2.65. The summed E-state index contributed by atoms with van der Waals surface area (Å²) in [6.45, 7) is 0.00459. The number of imidazole rings is 1. The molecule has 208 valence electrons. The molecule has 0 radical (unpaired) electrons. The van der Waals surface area contributed by atoms with Crippen molar-refractivity contribution in [2.24, 2.45) is 0 Å². The van der Waals surface area contributed by atoms with Crippen LogP contribution in [0.5, 0.6) is 5.75 Å². The topological polar surface area (TPSA) is 111 Å². The highest BCUT2D eigenvalue weighted by Crippen LogP contribution is 2.35. The molecule has 2 N–H and O–H groups in total. The average molecular weight is 593 g/mol. The molecule has 3 aromatic heterocycles. The van der Waals surface area contributed by atoms with E-state index in [9.17, 15) is 26.0 Å². The van der Waals surface area contributed by atoms with Gasteiger partial charge in [-0.3, -0.25) is 4.40 Å². The van der Waals surface area contributed by atoms with Crippen molar-refractivity contribution in [2.45, 2.75) is 11.1 Å². The molecule has 9 nitrogen and oxygen atoms in total. The average Bonchev–Trinajstić information content (AvgIpc) is 3.53. The van der Waals surface area contributed by atoms with Crippen LogP contribution < -0.4 is 14.8 Å². The van der Waals surface area contributed by atoms with E-state index in [1.165, 1.54) is 30.7 Å². The van der Waals surface area contributed by atoms with E-state index >= 15 is 0 Å². The van der Waals surface area contributed by atoms with Gasteiger partial charge in [-0.05, 0) is 48.5 Å². The molecule has 0 amide bonds. The summed E-state index contributed by atoms with van der Waals surface area (Å²) in [6, 6.07) is 9.35. The van der Waals surface area contributed by atoms with Crippen LogP contribution in [-0.2, 0) is 16.2 Å². The van der Waals surface area contributed by atoms with E-state index in [4.69, 9.17) is 4.74 Å². The molecule has 0 aliphatic carbocycles. The molecule has 0 saturated carbocycles. The standard InChI is InChI=1S/C25H20F4N6O3S2/c1-38-20-14-15(2-7-18(20)26)21-22(35-12-13-39-24(35)34-21)19-8-9-30-23(33-19)31-10-11-32-40(36,37)17-5-3-16(4-6-17)25(27,28)29/h2-9,12-14,32H,10-11H2,1H3,(H,30,31,33). The first-order valence-corrected chi connectivity index (χ1v) is 14.0. The monoisotopic (exact) mass is 592 g/mol. The molecule has 2 aromatic carbocycles. The molecule has 0 aliphatic rings. The van der Waals surface area contributed by atoms with Gasteiger partial charge in [-0.25, -0.2) is 32.5 Å². The largest absolute Gasteiger partial charge is 0.494 e. The molecule has 5 rings (SSSR count). The summed E-state index contributed by atoms with van der Waals surface area (Å²) in [6.07, 6.45) is -1.21. The van der Waals surface area contributed by atoms with E-state index in [0.29, 0.717) is 39.7 Å². The smallest absolute Gasteiger partial charge is 0.416 e. The van der Waals surface area contributed by atoms with Crippen molar-refractivity contribution in [1.82, 2.24) is 24.1 Å². The predicted molar refractivity (Wildman–Crippen MR) is 141 cm³/mol. The van der Waals surface area contributed by atoms with Crippen LogP contribution in [0.1, 0.15) is 5.56 Å². The minimum absolute atomic E-state index is 0.0728. The fourth-order valence-corrected chi connectivity index (χ4v) is 5.63. The molecule has 3 heterocycles. The number of alkyl halides is 3. The van der Waals surface area contributed by atoms with Gasteiger partial charge in [-0.15, -0.1) is 11.3 Å². The van der Waals surface area contributed by atoms with E-state index in [-0.39, 0.29) is 29.7 Å². The number of thiazole rings is 1. The molecule has 0 fully saturated rings. The first-order valence-electron chi connectivity index (χ1n) is 11.6. The molecular weight excluding hydrogens is 572 g/mol. The van der Waals surface area contributed by atoms with Crippen molar-refractivity contribution in [1.29, 1.82) is 0 Å². The molecule has 0 atom stereocenters. The van der Waals surface area contributed by atoms with Crippen LogP contribution in [0, 0.1) is 5.82 Å². The van der Waals surface area contributed by atoms with Crippen LogP contribution in [-0.4, -0.2) is 48.0 Å². The van der Waals surface area contributed by atoms with Gasteiger partial charge in [-0.2, -0.15) is 13.2 Å². The SMILES string of the molecule is COc1cc(-c2nc3sccn3c2-c2ccnc(NCCNS(=O)(=O)c3ccc(C(F)(F)F)cc3)n2)ccc1F. The number of halogens is 4. The predicted octanol–water partition coefficient (Wildman–Crippen LogP) is 5.08. The number of nitrogens with one attached hydrogen (secondary N) is 2. The van der Waals surface area contributed by atoms with E-state index in [1.807, 2.05) is 16.0 Å². The summed E-state index contributed by atoms with van der Waals surface area (Å²) in [5, 5.41) is 4.80. The first kappa shape index (κ1) is 27.5. The molecule has 0 unspecified atom stereocenters. The Morgan fingerprint density at radius 2 is 1.82 bits per heavy atom. The molecule has 15 heteroatoms. The third kappa shape index (κ3) is 5.61. The summed E-state index contributed by atoms with van der Waals surface area (Å²) in [4.78, 5) is 13.8. The maximum Gasteiger partial charge on any atom is 0.416 e. The molecular formula is C25H20F4N6O3S2. The number of hydrogen-bond acceptors (Lipinski definition) is 8. The van der Waals surface area contributed by atoms with Gasteiger partial charge < -0.3 is 10.1 Å². The Balaban J connectivity index is 1.32. The lowest BCUT2D eigenvalue weighted by molar-refractivity contribution is -0.137. The van der Waals surface area contributed by atoms with E-state index < -0.39 is 27.6 Å². The maximum atomic E-state index is 14.0. The molecule has 5 aromatic rings. The lowest BCUT2D eigenvalue weighted by Crippen LogP contribution is -2.29. The zero-order valence-electron chi connectivity index (χ0n) is 20.6. The number of rotatable bonds is 9. The van der Waals surface area contributed by atoms with Crippen LogP contribution in [0.4, 0.5) is 23.5 Å². The number of methoxy groups -OCH3 is 1. The van der Waals surface area contributed by atoms with Gasteiger partial charge in [0.1, 0.15) is 5.69 Å². The third-order valence-corrected chi connectivity index (χ3v) is 8.01.